The molecule has 146 valence electrons. The molecular formula is C22H25N3O3. The number of amides is 1. The van der Waals surface area contributed by atoms with Crippen molar-refractivity contribution in [3.63, 3.8) is 0 Å². The van der Waals surface area contributed by atoms with Gasteiger partial charge in [-0.15, -0.1) is 0 Å². The average Bonchev–Trinajstić information content (AvgIpc) is 3.21. The fraction of sp³-hybridized carbons (Fsp3) is 0.318. The quantitative estimate of drug-likeness (QED) is 0.651. The second-order valence-electron chi connectivity index (χ2n) is 6.89. The number of benzene rings is 2. The molecule has 6 nitrogen and oxygen atoms in total. The number of rotatable bonds is 7. The van der Waals surface area contributed by atoms with Gasteiger partial charge >= 0.3 is 0 Å². The van der Waals surface area contributed by atoms with Gasteiger partial charge in [0.2, 0.25) is 11.7 Å². The van der Waals surface area contributed by atoms with Crippen LogP contribution >= 0.6 is 0 Å². The molecule has 1 amide bonds. The highest BCUT2D eigenvalue weighted by Gasteiger charge is 2.27. The Morgan fingerprint density at radius 3 is 2.43 bits per heavy atom. The number of nitrogens with one attached hydrogen (secondary N) is 1. The molecule has 2 aromatic carbocycles. The summed E-state index contributed by atoms with van der Waals surface area (Å²) in [4.78, 5) is 17.2. The van der Waals surface area contributed by atoms with E-state index in [0.29, 0.717) is 17.3 Å². The van der Waals surface area contributed by atoms with Crippen LogP contribution in [0.1, 0.15) is 48.1 Å². The zero-order valence-corrected chi connectivity index (χ0v) is 16.6. The van der Waals surface area contributed by atoms with E-state index in [-0.39, 0.29) is 17.9 Å². The molecule has 1 heterocycles. The lowest BCUT2D eigenvalue weighted by atomic mass is 9.98. The van der Waals surface area contributed by atoms with E-state index in [2.05, 4.69) is 29.3 Å². The zero-order valence-electron chi connectivity index (χ0n) is 16.6. The van der Waals surface area contributed by atoms with Gasteiger partial charge < -0.3 is 14.6 Å². The minimum Gasteiger partial charge on any atom is -0.497 e. The topological polar surface area (TPSA) is 77.2 Å². The van der Waals surface area contributed by atoms with Crippen molar-refractivity contribution in [1.29, 1.82) is 0 Å². The first kappa shape index (κ1) is 19.6. The number of methoxy groups -OCH3 is 1. The molecule has 0 aliphatic heterocycles. The molecule has 0 aliphatic carbocycles. The highest BCUT2D eigenvalue weighted by atomic mass is 16.5. The summed E-state index contributed by atoms with van der Waals surface area (Å²) >= 11 is 0. The normalized spacial score (nSPS) is 13.0. The molecule has 0 radical (unpaired) electrons. The van der Waals surface area contributed by atoms with E-state index in [1.165, 1.54) is 0 Å². The summed E-state index contributed by atoms with van der Waals surface area (Å²) in [5.41, 5.74) is 2.54. The van der Waals surface area contributed by atoms with E-state index in [0.717, 1.165) is 23.3 Å². The number of carbonyl (C=O) groups is 1. The second-order valence-corrected chi connectivity index (χ2v) is 6.89. The van der Waals surface area contributed by atoms with Crippen LogP contribution < -0.4 is 10.1 Å². The van der Waals surface area contributed by atoms with E-state index in [4.69, 9.17) is 9.26 Å². The van der Waals surface area contributed by atoms with Crippen molar-refractivity contribution in [3.05, 3.63) is 65.5 Å². The molecule has 1 N–H and O–H groups in total. The molecule has 0 fully saturated rings. The first-order valence-electron chi connectivity index (χ1n) is 9.37. The molecule has 0 saturated carbocycles. The van der Waals surface area contributed by atoms with Crippen LogP contribution in [0.2, 0.25) is 0 Å². The Kier molecular flexibility index (Phi) is 6.09. The van der Waals surface area contributed by atoms with Crippen molar-refractivity contribution in [3.8, 4) is 17.1 Å². The SMILES string of the molecule is CC[C@H](C)[C@@H](NC(=O)c1ccc(C)cc1)c1nc(-c2ccc(OC)cc2)no1. The highest BCUT2D eigenvalue weighted by Crippen LogP contribution is 2.27. The molecule has 0 saturated heterocycles. The Morgan fingerprint density at radius 1 is 1.14 bits per heavy atom. The summed E-state index contributed by atoms with van der Waals surface area (Å²) in [7, 11) is 1.62. The molecule has 0 aliphatic rings. The van der Waals surface area contributed by atoms with Gasteiger partial charge in [0.25, 0.3) is 5.91 Å². The third kappa shape index (κ3) is 4.39. The zero-order chi connectivity index (χ0) is 20.1. The lowest BCUT2D eigenvalue weighted by Gasteiger charge is -2.20. The van der Waals surface area contributed by atoms with Crippen molar-refractivity contribution in [2.24, 2.45) is 5.92 Å². The molecule has 3 aromatic rings. The van der Waals surface area contributed by atoms with Crippen molar-refractivity contribution in [2.75, 3.05) is 7.11 Å². The van der Waals surface area contributed by atoms with Gasteiger partial charge in [-0.1, -0.05) is 43.1 Å². The summed E-state index contributed by atoms with van der Waals surface area (Å²) < 4.78 is 10.7. The maximum Gasteiger partial charge on any atom is 0.251 e. The maximum atomic E-state index is 12.7. The minimum atomic E-state index is -0.363. The summed E-state index contributed by atoms with van der Waals surface area (Å²) in [5, 5.41) is 7.14. The number of aryl methyl sites for hydroxylation is 1. The summed E-state index contributed by atoms with van der Waals surface area (Å²) in [6.07, 6.45) is 0.860. The Labute approximate surface area is 164 Å². The Balaban J connectivity index is 1.82. The van der Waals surface area contributed by atoms with E-state index in [9.17, 15) is 4.79 Å². The molecular weight excluding hydrogens is 354 g/mol. The molecule has 0 unspecified atom stereocenters. The first-order valence-corrected chi connectivity index (χ1v) is 9.37. The number of hydrogen-bond acceptors (Lipinski definition) is 5. The van der Waals surface area contributed by atoms with Crippen LogP contribution in [0.3, 0.4) is 0 Å². The van der Waals surface area contributed by atoms with Crippen LogP contribution in [0.25, 0.3) is 11.4 Å². The molecule has 28 heavy (non-hydrogen) atoms. The van der Waals surface area contributed by atoms with Crippen LogP contribution in [0.15, 0.2) is 53.1 Å². The second kappa shape index (κ2) is 8.69. The number of nitrogens with zero attached hydrogens (tertiary/aromatic N) is 2. The smallest absolute Gasteiger partial charge is 0.251 e. The van der Waals surface area contributed by atoms with Gasteiger partial charge in [-0.05, 0) is 49.2 Å². The maximum absolute atomic E-state index is 12.7. The van der Waals surface area contributed by atoms with Gasteiger partial charge in [-0.25, -0.2) is 0 Å². The molecule has 1 aromatic heterocycles. The van der Waals surface area contributed by atoms with Gasteiger partial charge in [-0.2, -0.15) is 4.98 Å². The monoisotopic (exact) mass is 379 g/mol. The van der Waals surface area contributed by atoms with Crippen LogP contribution in [-0.4, -0.2) is 23.2 Å². The number of carbonyl (C=O) groups excluding carboxylic acids is 1. The van der Waals surface area contributed by atoms with Gasteiger partial charge in [0, 0.05) is 11.1 Å². The van der Waals surface area contributed by atoms with Crippen molar-refractivity contribution in [1.82, 2.24) is 15.5 Å². The van der Waals surface area contributed by atoms with Crippen LogP contribution in [-0.2, 0) is 0 Å². The fourth-order valence-electron chi connectivity index (χ4n) is 2.83. The molecule has 0 spiro atoms. The summed E-state index contributed by atoms with van der Waals surface area (Å²) in [5.74, 6) is 1.62. The Morgan fingerprint density at radius 2 is 1.82 bits per heavy atom. The van der Waals surface area contributed by atoms with Gasteiger partial charge in [-0.3, -0.25) is 4.79 Å². The lowest BCUT2D eigenvalue weighted by molar-refractivity contribution is 0.0910. The molecule has 6 heteroatoms. The largest absolute Gasteiger partial charge is 0.497 e. The standard InChI is InChI=1S/C22H25N3O3/c1-5-15(3)19(23-21(26)17-8-6-14(2)7-9-17)22-24-20(25-28-22)16-10-12-18(27-4)13-11-16/h6-13,15,19H,5H2,1-4H3,(H,23,26)/t15-,19+/m0/s1. The van der Waals surface area contributed by atoms with Crippen LogP contribution in [0, 0.1) is 12.8 Å². The number of ether oxygens (including phenoxy) is 1. The first-order chi connectivity index (χ1) is 13.5. The number of aromatic nitrogens is 2. The Bertz CT molecular complexity index is 917. The molecule has 3 rings (SSSR count). The predicted molar refractivity (Wildman–Crippen MR) is 107 cm³/mol. The van der Waals surface area contributed by atoms with Crippen molar-refractivity contribution in [2.45, 2.75) is 33.2 Å². The molecule has 0 bridgehead atoms. The minimum absolute atomic E-state index is 0.138. The van der Waals surface area contributed by atoms with Gasteiger partial charge in [0.1, 0.15) is 11.8 Å². The van der Waals surface area contributed by atoms with E-state index < -0.39 is 0 Å². The summed E-state index contributed by atoms with van der Waals surface area (Å²) in [6.45, 7) is 6.11. The van der Waals surface area contributed by atoms with E-state index in [1.54, 1.807) is 7.11 Å². The van der Waals surface area contributed by atoms with Gasteiger partial charge in [0.05, 0.1) is 7.11 Å². The van der Waals surface area contributed by atoms with E-state index in [1.807, 2.05) is 55.5 Å². The Hall–Kier alpha value is -3.15. The molecule has 2 atom stereocenters. The van der Waals surface area contributed by atoms with Gasteiger partial charge in [0.15, 0.2) is 0 Å². The van der Waals surface area contributed by atoms with Crippen LogP contribution in [0.5, 0.6) is 5.75 Å². The lowest BCUT2D eigenvalue weighted by Crippen LogP contribution is -2.32. The predicted octanol–water partition coefficient (Wildman–Crippen LogP) is 4.57. The van der Waals surface area contributed by atoms with E-state index >= 15 is 0 Å². The van der Waals surface area contributed by atoms with Crippen molar-refractivity contribution < 1.29 is 14.1 Å². The third-order valence-electron chi connectivity index (χ3n) is 4.87. The highest BCUT2D eigenvalue weighted by molar-refractivity contribution is 5.94. The number of hydrogen-bond donors (Lipinski definition) is 1. The fourth-order valence-corrected chi connectivity index (χ4v) is 2.83. The summed E-state index contributed by atoms with van der Waals surface area (Å²) in [6, 6.07) is 14.5. The average molecular weight is 379 g/mol. The van der Waals surface area contributed by atoms with Crippen LogP contribution in [0.4, 0.5) is 0 Å². The van der Waals surface area contributed by atoms with Crippen molar-refractivity contribution >= 4 is 5.91 Å². The third-order valence-corrected chi connectivity index (χ3v) is 4.87.